The van der Waals surface area contributed by atoms with Gasteiger partial charge in [-0.05, 0) is 41.3 Å². The molecular formula is C13H17BrClFN2O2S. The maximum Gasteiger partial charge on any atom is 0.246 e. The fourth-order valence-electron chi connectivity index (χ4n) is 2.09. The van der Waals surface area contributed by atoms with Gasteiger partial charge in [0.25, 0.3) is 0 Å². The van der Waals surface area contributed by atoms with Crippen molar-refractivity contribution in [3.63, 3.8) is 0 Å². The molecule has 0 bridgehead atoms. The summed E-state index contributed by atoms with van der Waals surface area (Å²) in [4.78, 5) is -0.448. The fraction of sp³-hybridized carbons (Fsp3) is 0.538. The Hall–Kier alpha value is -0.370. The van der Waals surface area contributed by atoms with E-state index in [0.29, 0.717) is 6.54 Å². The predicted molar refractivity (Wildman–Crippen MR) is 85.3 cm³/mol. The summed E-state index contributed by atoms with van der Waals surface area (Å²) >= 11 is 8.97. The zero-order valence-corrected chi connectivity index (χ0v) is 14.7. The van der Waals surface area contributed by atoms with Gasteiger partial charge in [-0.3, -0.25) is 0 Å². The second kappa shape index (κ2) is 6.40. The van der Waals surface area contributed by atoms with Crippen LogP contribution in [-0.2, 0) is 10.0 Å². The zero-order chi connectivity index (χ0) is 15.8. The Morgan fingerprint density at radius 2 is 2.14 bits per heavy atom. The lowest BCUT2D eigenvalue weighted by Crippen LogP contribution is -2.34. The number of halogens is 3. The number of unbranched alkanes of at least 4 members (excludes halogenated alkanes) is 1. The molecule has 118 valence electrons. The van der Waals surface area contributed by atoms with E-state index in [0.717, 1.165) is 31.7 Å². The largest absolute Gasteiger partial charge is 0.395 e. The molecule has 0 spiro atoms. The lowest BCUT2D eigenvalue weighted by Gasteiger charge is -2.22. The van der Waals surface area contributed by atoms with Crippen LogP contribution in [0.3, 0.4) is 0 Å². The Morgan fingerprint density at radius 3 is 2.67 bits per heavy atom. The van der Waals surface area contributed by atoms with Crippen molar-refractivity contribution < 1.29 is 12.8 Å². The number of rotatable bonds is 6. The summed E-state index contributed by atoms with van der Waals surface area (Å²) in [6, 6.07) is 1.08. The minimum absolute atomic E-state index is 0.0374. The topological polar surface area (TPSA) is 63.4 Å². The van der Waals surface area contributed by atoms with E-state index >= 15 is 0 Å². The summed E-state index contributed by atoms with van der Waals surface area (Å²) in [5.74, 6) is -0.951. The minimum atomic E-state index is -3.93. The van der Waals surface area contributed by atoms with Gasteiger partial charge in [-0.25, -0.2) is 12.8 Å². The first-order valence-electron chi connectivity index (χ1n) is 6.75. The Balaban J connectivity index is 2.47. The molecule has 1 fully saturated rings. The van der Waals surface area contributed by atoms with E-state index in [9.17, 15) is 12.8 Å². The number of sulfonamides is 1. The monoisotopic (exact) mass is 398 g/mol. The van der Waals surface area contributed by atoms with Gasteiger partial charge in [0.1, 0.15) is 4.90 Å². The molecule has 1 aliphatic rings. The van der Waals surface area contributed by atoms with Crippen LogP contribution in [0.2, 0.25) is 5.02 Å². The maximum absolute atomic E-state index is 14.3. The van der Waals surface area contributed by atoms with Crippen LogP contribution >= 0.6 is 27.5 Å². The molecule has 0 atom stereocenters. The van der Waals surface area contributed by atoms with E-state index in [1.807, 2.05) is 6.92 Å². The Morgan fingerprint density at radius 1 is 1.52 bits per heavy atom. The van der Waals surface area contributed by atoms with Crippen molar-refractivity contribution in [3.05, 3.63) is 21.4 Å². The first kappa shape index (κ1) is 17.0. The number of nitrogens with zero attached hydrogens (tertiary/aromatic N) is 1. The highest BCUT2D eigenvalue weighted by molar-refractivity contribution is 9.10. The number of benzene rings is 1. The molecule has 0 aliphatic heterocycles. The molecule has 1 aromatic rings. The van der Waals surface area contributed by atoms with Crippen LogP contribution in [0.4, 0.5) is 10.1 Å². The first-order valence-corrected chi connectivity index (χ1v) is 9.36. The molecule has 21 heavy (non-hydrogen) atoms. The van der Waals surface area contributed by atoms with Gasteiger partial charge < -0.3 is 5.73 Å². The van der Waals surface area contributed by atoms with E-state index < -0.39 is 20.7 Å². The lowest BCUT2D eigenvalue weighted by atomic mass is 10.3. The molecule has 1 aromatic carbocycles. The summed E-state index contributed by atoms with van der Waals surface area (Å²) in [6.07, 6.45) is 3.22. The quantitative estimate of drug-likeness (QED) is 0.585. The summed E-state index contributed by atoms with van der Waals surface area (Å²) in [7, 11) is -3.93. The lowest BCUT2D eigenvalue weighted by molar-refractivity contribution is 0.393. The summed E-state index contributed by atoms with van der Waals surface area (Å²) < 4.78 is 41.3. The van der Waals surface area contributed by atoms with E-state index in [1.54, 1.807) is 0 Å². The van der Waals surface area contributed by atoms with Gasteiger partial charge in [0.2, 0.25) is 10.0 Å². The Labute approximate surface area is 137 Å². The molecule has 0 aromatic heterocycles. The molecule has 0 radical (unpaired) electrons. The highest BCUT2D eigenvalue weighted by Crippen LogP contribution is 2.38. The smallest absolute Gasteiger partial charge is 0.246 e. The maximum atomic E-state index is 14.3. The third-order valence-electron chi connectivity index (χ3n) is 3.43. The average Bonchev–Trinajstić information content (AvgIpc) is 3.25. The van der Waals surface area contributed by atoms with E-state index in [1.165, 1.54) is 4.31 Å². The highest BCUT2D eigenvalue weighted by Gasteiger charge is 2.39. The number of anilines is 1. The van der Waals surface area contributed by atoms with Gasteiger partial charge in [-0.1, -0.05) is 24.9 Å². The zero-order valence-electron chi connectivity index (χ0n) is 11.6. The van der Waals surface area contributed by atoms with Crippen LogP contribution in [0.15, 0.2) is 15.4 Å². The van der Waals surface area contributed by atoms with Crippen molar-refractivity contribution in [1.82, 2.24) is 4.31 Å². The summed E-state index contributed by atoms with van der Waals surface area (Å²) in [5.41, 5.74) is 5.30. The molecule has 4 nitrogen and oxygen atoms in total. The molecule has 1 saturated carbocycles. The Kier molecular flexibility index (Phi) is 5.18. The summed E-state index contributed by atoms with van der Waals surface area (Å²) in [6.45, 7) is 2.36. The van der Waals surface area contributed by atoms with E-state index in [-0.39, 0.29) is 21.2 Å². The number of nitrogen functional groups attached to an aromatic ring is 1. The molecule has 0 amide bonds. The number of hydrogen-bond donors (Lipinski definition) is 1. The van der Waals surface area contributed by atoms with Crippen molar-refractivity contribution in [2.45, 2.75) is 43.5 Å². The second-order valence-electron chi connectivity index (χ2n) is 5.10. The molecule has 0 unspecified atom stereocenters. The Bertz CT molecular complexity index is 650. The van der Waals surface area contributed by atoms with Crippen LogP contribution in [0.25, 0.3) is 0 Å². The first-order chi connectivity index (χ1) is 9.80. The third kappa shape index (κ3) is 3.36. The highest BCUT2D eigenvalue weighted by atomic mass is 79.9. The van der Waals surface area contributed by atoms with Gasteiger partial charge in [-0.15, -0.1) is 0 Å². The van der Waals surface area contributed by atoms with Gasteiger partial charge in [0, 0.05) is 12.6 Å². The van der Waals surface area contributed by atoms with E-state index in [4.69, 9.17) is 17.3 Å². The van der Waals surface area contributed by atoms with Gasteiger partial charge in [-0.2, -0.15) is 4.31 Å². The number of hydrogen-bond acceptors (Lipinski definition) is 3. The van der Waals surface area contributed by atoms with Crippen LogP contribution < -0.4 is 5.73 Å². The van der Waals surface area contributed by atoms with Crippen LogP contribution in [0, 0.1) is 5.82 Å². The van der Waals surface area contributed by atoms with Crippen molar-refractivity contribution >= 4 is 43.2 Å². The SMILES string of the molecule is CCCCN(C1CC1)S(=O)(=O)c1cc(Cl)c(Br)c(N)c1F. The van der Waals surface area contributed by atoms with Crippen molar-refractivity contribution in [2.24, 2.45) is 0 Å². The van der Waals surface area contributed by atoms with E-state index in [2.05, 4.69) is 15.9 Å². The summed E-state index contributed by atoms with van der Waals surface area (Å²) in [5, 5.41) is 0.0821. The normalized spacial score (nSPS) is 15.7. The van der Waals surface area contributed by atoms with Crippen molar-refractivity contribution in [3.8, 4) is 0 Å². The van der Waals surface area contributed by atoms with Crippen LogP contribution in [0.5, 0.6) is 0 Å². The molecule has 2 rings (SSSR count). The molecule has 1 aliphatic carbocycles. The fourth-order valence-corrected chi connectivity index (χ4v) is 4.48. The third-order valence-corrected chi connectivity index (χ3v) is 6.76. The number of nitrogens with two attached hydrogens (primary N) is 1. The molecular weight excluding hydrogens is 383 g/mol. The van der Waals surface area contributed by atoms with Gasteiger partial charge in [0.15, 0.2) is 5.82 Å². The second-order valence-corrected chi connectivity index (χ2v) is 8.16. The van der Waals surface area contributed by atoms with Crippen LogP contribution in [-0.4, -0.2) is 25.3 Å². The van der Waals surface area contributed by atoms with Crippen molar-refractivity contribution in [1.29, 1.82) is 0 Å². The minimum Gasteiger partial charge on any atom is -0.395 e. The standard InChI is InChI=1S/C13H17BrClFN2O2S/c1-2-3-6-18(8-4-5-8)21(19,20)10-7-9(15)11(14)13(17)12(10)16/h7-8H,2-6,17H2,1H3. The molecule has 8 heteroatoms. The molecule has 0 heterocycles. The average molecular weight is 400 g/mol. The molecule has 2 N–H and O–H groups in total. The van der Waals surface area contributed by atoms with Gasteiger partial charge >= 0.3 is 0 Å². The van der Waals surface area contributed by atoms with Gasteiger partial charge in [0.05, 0.1) is 15.2 Å². The molecule has 0 saturated heterocycles. The predicted octanol–water partition coefficient (Wildman–Crippen LogP) is 3.78. The van der Waals surface area contributed by atoms with Crippen molar-refractivity contribution in [2.75, 3.05) is 12.3 Å². The van der Waals surface area contributed by atoms with Crippen LogP contribution in [0.1, 0.15) is 32.6 Å².